The van der Waals surface area contributed by atoms with E-state index in [9.17, 15) is 4.79 Å². The van der Waals surface area contributed by atoms with E-state index < -0.39 is 0 Å². The number of nitrogens with one attached hydrogen (secondary N) is 1. The lowest BCUT2D eigenvalue weighted by Gasteiger charge is -2.32. The maximum atomic E-state index is 12.8. The van der Waals surface area contributed by atoms with Gasteiger partial charge in [0.25, 0.3) is 0 Å². The second-order valence-corrected chi connectivity index (χ2v) is 7.42. The van der Waals surface area contributed by atoms with Crippen LogP contribution in [0.25, 0.3) is 10.8 Å². The fraction of sp³-hybridized carbons (Fsp3) is 0.292. The number of nitrogens with zero attached hydrogens (tertiary/aromatic N) is 1. The first-order chi connectivity index (χ1) is 13.3. The van der Waals surface area contributed by atoms with Crippen molar-refractivity contribution in [2.75, 3.05) is 13.1 Å². The summed E-state index contributed by atoms with van der Waals surface area (Å²) in [5.74, 6) is 0.262. The van der Waals surface area contributed by atoms with Gasteiger partial charge in [0.2, 0.25) is 5.91 Å². The average molecular weight is 358 g/mol. The standard InChI is InChI=1S/C24H26N2O/c27-24(25-16-21-12-6-11-20-10-4-5-14-23(20)21)22-13-7-15-26(18-22)17-19-8-2-1-3-9-19/h1-6,8-12,14,22H,7,13,15-18H2,(H,25,27)/t22-/m0/s1. The van der Waals surface area contributed by atoms with Crippen LogP contribution in [0.5, 0.6) is 0 Å². The minimum Gasteiger partial charge on any atom is -0.352 e. The van der Waals surface area contributed by atoms with Crippen LogP contribution in [0.15, 0.2) is 72.8 Å². The molecule has 0 unspecified atom stereocenters. The van der Waals surface area contributed by atoms with Crippen LogP contribution >= 0.6 is 0 Å². The average Bonchev–Trinajstić information content (AvgIpc) is 2.73. The predicted molar refractivity (Wildman–Crippen MR) is 110 cm³/mol. The van der Waals surface area contributed by atoms with Gasteiger partial charge in [-0.05, 0) is 41.3 Å². The first-order valence-electron chi connectivity index (χ1n) is 9.80. The van der Waals surface area contributed by atoms with Gasteiger partial charge in [-0.3, -0.25) is 9.69 Å². The highest BCUT2D eigenvalue weighted by atomic mass is 16.1. The van der Waals surface area contributed by atoms with E-state index in [0.717, 1.165) is 32.5 Å². The van der Waals surface area contributed by atoms with Crippen molar-refractivity contribution in [3.63, 3.8) is 0 Å². The fourth-order valence-corrected chi connectivity index (χ4v) is 4.03. The monoisotopic (exact) mass is 358 g/mol. The molecule has 1 saturated heterocycles. The highest BCUT2D eigenvalue weighted by Crippen LogP contribution is 2.21. The molecular weight excluding hydrogens is 332 g/mol. The quantitative estimate of drug-likeness (QED) is 0.735. The third-order valence-electron chi connectivity index (χ3n) is 5.46. The van der Waals surface area contributed by atoms with Crippen molar-refractivity contribution in [3.8, 4) is 0 Å². The molecular formula is C24H26N2O. The molecule has 1 N–H and O–H groups in total. The molecule has 1 fully saturated rings. The number of benzene rings is 3. The molecule has 1 atom stereocenters. The van der Waals surface area contributed by atoms with Gasteiger partial charge in [0, 0.05) is 19.6 Å². The molecule has 3 aromatic carbocycles. The van der Waals surface area contributed by atoms with E-state index in [1.54, 1.807) is 0 Å². The first kappa shape index (κ1) is 17.7. The Hall–Kier alpha value is -2.65. The van der Waals surface area contributed by atoms with Crippen molar-refractivity contribution in [2.24, 2.45) is 5.92 Å². The summed E-state index contributed by atoms with van der Waals surface area (Å²) < 4.78 is 0. The van der Waals surface area contributed by atoms with Crippen molar-refractivity contribution in [1.82, 2.24) is 10.2 Å². The summed E-state index contributed by atoms with van der Waals surface area (Å²) in [6.45, 7) is 3.43. The zero-order chi connectivity index (χ0) is 18.5. The predicted octanol–water partition coefficient (Wildman–Crippen LogP) is 4.37. The van der Waals surface area contributed by atoms with Crippen LogP contribution in [-0.2, 0) is 17.9 Å². The molecule has 0 bridgehead atoms. The maximum absolute atomic E-state index is 12.8. The van der Waals surface area contributed by atoms with E-state index in [4.69, 9.17) is 0 Å². The van der Waals surface area contributed by atoms with Gasteiger partial charge in [0.15, 0.2) is 0 Å². The third kappa shape index (κ3) is 4.37. The Morgan fingerprint density at radius 1 is 0.963 bits per heavy atom. The Labute approximate surface area is 161 Å². The minimum absolute atomic E-state index is 0.0810. The summed E-state index contributed by atoms with van der Waals surface area (Å²) in [6, 6.07) is 25.1. The van der Waals surface area contributed by atoms with Gasteiger partial charge in [0.1, 0.15) is 0 Å². The molecule has 27 heavy (non-hydrogen) atoms. The molecule has 1 aliphatic heterocycles. The highest BCUT2D eigenvalue weighted by Gasteiger charge is 2.25. The summed E-state index contributed by atoms with van der Waals surface area (Å²) in [4.78, 5) is 15.2. The molecule has 3 aromatic rings. The number of carbonyl (C=O) groups excluding carboxylic acids is 1. The molecule has 0 radical (unpaired) electrons. The Morgan fingerprint density at radius 2 is 1.74 bits per heavy atom. The van der Waals surface area contributed by atoms with Gasteiger partial charge >= 0.3 is 0 Å². The van der Waals surface area contributed by atoms with Crippen molar-refractivity contribution in [3.05, 3.63) is 83.9 Å². The summed E-state index contributed by atoms with van der Waals surface area (Å²) in [5, 5.41) is 5.62. The maximum Gasteiger partial charge on any atom is 0.224 e. The molecule has 0 aromatic heterocycles. The van der Waals surface area contributed by atoms with E-state index in [0.29, 0.717) is 6.54 Å². The number of rotatable bonds is 5. The molecule has 0 aliphatic carbocycles. The van der Waals surface area contributed by atoms with Crippen LogP contribution in [0, 0.1) is 5.92 Å². The van der Waals surface area contributed by atoms with Crippen LogP contribution < -0.4 is 5.32 Å². The van der Waals surface area contributed by atoms with Crippen LogP contribution in [0.2, 0.25) is 0 Å². The van der Waals surface area contributed by atoms with E-state index in [1.165, 1.54) is 21.9 Å². The largest absolute Gasteiger partial charge is 0.352 e. The van der Waals surface area contributed by atoms with Crippen LogP contribution in [0.1, 0.15) is 24.0 Å². The van der Waals surface area contributed by atoms with E-state index in [-0.39, 0.29) is 11.8 Å². The number of hydrogen-bond donors (Lipinski definition) is 1. The second-order valence-electron chi connectivity index (χ2n) is 7.42. The summed E-state index contributed by atoms with van der Waals surface area (Å²) in [5.41, 5.74) is 2.49. The van der Waals surface area contributed by atoms with Gasteiger partial charge in [0.05, 0.1) is 5.92 Å². The van der Waals surface area contributed by atoms with Gasteiger partial charge in [-0.15, -0.1) is 0 Å². The number of carbonyl (C=O) groups is 1. The van der Waals surface area contributed by atoms with Crippen LogP contribution in [0.3, 0.4) is 0 Å². The first-order valence-corrected chi connectivity index (χ1v) is 9.80. The number of piperidine rings is 1. The summed E-state index contributed by atoms with van der Waals surface area (Å²) in [6.07, 6.45) is 2.06. The number of hydrogen-bond acceptors (Lipinski definition) is 2. The number of amides is 1. The lowest BCUT2D eigenvalue weighted by atomic mass is 9.96. The van der Waals surface area contributed by atoms with Gasteiger partial charge in [-0.1, -0.05) is 72.8 Å². The smallest absolute Gasteiger partial charge is 0.224 e. The third-order valence-corrected chi connectivity index (χ3v) is 5.46. The van der Waals surface area contributed by atoms with Crippen molar-refractivity contribution in [2.45, 2.75) is 25.9 Å². The topological polar surface area (TPSA) is 32.3 Å². The van der Waals surface area contributed by atoms with E-state index in [1.807, 2.05) is 12.1 Å². The molecule has 1 heterocycles. The van der Waals surface area contributed by atoms with Crippen LogP contribution in [0.4, 0.5) is 0 Å². The second kappa shape index (κ2) is 8.36. The molecule has 4 rings (SSSR count). The van der Waals surface area contributed by atoms with Crippen molar-refractivity contribution < 1.29 is 4.79 Å². The fourth-order valence-electron chi connectivity index (χ4n) is 4.03. The molecule has 138 valence electrons. The molecule has 3 heteroatoms. The van der Waals surface area contributed by atoms with Gasteiger partial charge < -0.3 is 5.32 Å². The zero-order valence-electron chi connectivity index (χ0n) is 15.6. The SMILES string of the molecule is O=C(NCc1cccc2ccccc12)[C@H]1CCCN(Cc2ccccc2)C1. The minimum atomic E-state index is 0.0810. The summed E-state index contributed by atoms with van der Waals surface area (Å²) >= 11 is 0. The van der Waals surface area contributed by atoms with Crippen molar-refractivity contribution in [1.29, 1.82) is 0 Å². The van der Waals surface area contributed by atoms with E-state index >= 15 is 0 Å². The lowest BCUT2D eigenvalue weighted by molar-refractivity contribution is -0.126. The molecule has 3 nitrogen and oxygen atoms in total. The zero-order valence-corrected chi connectivity index (χ0v) is 15.6. The highest BCUT2D eigenvalue weighted by molar-refractivity contribution is 5.86. The van der Waals surface area contributed by atoms with Gasteiger partial charge in [-0.2, -0.15) is 0 Å². The molecule has 0 saturated carbocycles. The Morgan fingerprint density at radius 3 is 2.63 bits per heavy atom. The molecule has 1 amide bonds. The Bertz CT molecular complexity index is 901. The molecule has 0 spiro atoms. The Balaban J connectivity index is 1.36. The van der Waals surface area contributed by atoms with Gasteiger partial charge in [-0.25, -0.2) is 0 Å². The number of likely N-dealkylation sites (tertiary alicyclic amines) is 1. The lowest BCUT2D eigenvalue weighted by Crippen LogP contribution is -2.42. The number of fused-ring (bicyclic) bond motifs is 1. The van der Waals surface area contributed by atoms with Crippen molar-refractivity contribution >= 4 is 16.7 Å². The Kier molecular flexibility index (Phi) is 5.50. The summed E-state index contributed by atoms with van der Waals surface area (Å²) in [7, 11) is 0. The normalized spacial score (nSPS) is 17.7. The molecule has 1 aliphatic rings. The van der Waals surface area contributed by atoms with E-state index in [2.05, 4.69) is 70.9 Å². The van der Waals surface area contributed by atoms with Crippen LogP contribution in [-0.4, -0.2) is 23.9 Å².